The van der Waals surface area contributed by atoms with E-state index in [1.807, 2.05) is 0 Å². The maximum Gasteiger partial charge on any atom is 0.256 e. The highest BCUT2D eigenvalue weighted by atomic mass is 32.1. The molecule has 1 saturated heterocycles. The van der Waals surface area contributed by atoms with E-state index in [4.69, 9.17) is 0 Å². The van der Waals surface area contributed by atoms with E-state index >= 15 is 0 Å². The number of carbonyl (C=O) groups is 1. The number of amides is 1. The van der Waals surface area contributed by atoms with Crippen LogP contribution in [0.25, 0.3) is 0 Å². The molecular weight excluding hydrogens is 263 g/mol. The van der Waals surface area contributed by atoms with Gasteiger partial charge in [-0.2, -0.15) is 0 Å². The van der Waals surface area contributed by atoms with Crippen LogP contribution in [0, 0.1) is 5.82 Å². The first kappa shape index (κ1) is 14.3. The molecule has 0 radical (unpaired) electrons. The Labute approximate surface area is 118 Å². The highest BCUT2D eigenvalue weighted by Gasteiger charge is 2.18. The van der Waals surface area contributed by atoms with Gasteiger partial charge in [0.1, 0.15) is 5.82 Å². The summed E-state index contributed by atoms with van der Waals surface area (Å²) in [6, 6.07) is 4.30. The Morgan fingerprint density at radius 3 is 2.79 bits per heavy atom. The Bertz CT molecular complexity index is 461. The van der Waals surface area contributed by atoms with Crippen molar-refractivity contribution in [1.29, 1.82) is 0 Å². The smallest absolute Gasteiger partial charge is 0.256 e. The molecule has 0 bridgehead atoms. The lowest BCUT2D eigenvalue weighted by atomic mass is 10.2. The van der Waals surface area contributed by atoms with Gasteiger partial charge in [-0.3, -0.25) is 4.79 Å². The minimum absolute atomic E-state index is 0.0939. The van der Waals surface area contributed by atoms with E-state index in [1.54, 1.807) is 18.0 Å². The topological polar surface area (TPSA) is 23.6 Å². The first-order valence-electron chi connectivity index (χ1n) is 6.54. The van der Waals surface area contributed by atoms with Crippen molar-refractivity contribution in [3.8, 4) is 0 Å². The van der Waals surface area contributed by atoms with E-state index in [-0.39, 0.29) is 11.5 Å². The number of hydrogen-bond donors (Lipinski definition) is 1. The SMILES string of the molecule is CN(CCN1CCCC1)C(=O)c1cc(S)ccc1F. The van der Waals surface area contributed by atoms with Gasteiger partial charge in [0, 0.05) is 25.0 Å². The van der Waals surface area contributed by atoms with Crippen LogP contribution in [0.5, 0.6) is 0 Å². The summed E-state index contributed by atoms with van der Waals surface area (Å²) < 4.78 is 13.6. The van der Waals surface area contributed by atoms with Crippen LogP contribution in [0.1, 0.15) is 23.2 Å². The molecule has 1 fully saturated rings. The molecule has 0 N–H and O–H groups in total. The molecule has 0 unspecified atom stereocenters. The van der Waals surface area contributed by atoms with Gasteiger partial charge in [0.15, 0.2) is 0 Å². The molecule has 1 aliphatic rings. The molecule has 1 heterocycles. The van der Waals surface area contributed by atoms with Gasteiger partial charge in [0.25, 0.3) is 5.91 Å². The summed E-state index contributed by atoms with van der Waals surface area (Å²) >= 11 is 4.14. The molecule has 0 atom stereocenters. The van der Waals surface area contributed by atoms with Gasteiger partial charge in [0.05, 0.1) is 5.56 Å². The summed E-state index contributed by atoms with van der Waals surface area (Å²) in [5.74, 6) is -0.775. The molecule has 1 aromatic carbocycles. The Kier molecular flexibility index (Phi) is 4.82. The first-order chi connectivity index (χ1) is 9.08. The minimum atomic E-state index is -0.490. The van der Waals surface area contributed by atoms with Crippen molar-refractivity contribution in [3.05, 3.63) is 29.6 Å². The molecule has 1 amide bonds. The van der Waals surface area contributed by atoms with Crippen LogP contribution >= 0.6 is 12.6 Å². The molecule has 5 heteroatoms. The standard InChI is InChI=1S/C14H19FN2OS/c1-16(8-9-17-6-2-3-7-17)14(18)12-10-11(19)4-5-13(12)15/h4-5,10,19H,2-3,6-9H2,1H3. The largest absolute Gasteiger partial charge is 0.340 e. The molecule has 1 aliphatic heterocycles. The van der Waals surface area contributed by atoms with Gasteiger partial charge in [-0.05, 0) is 44.1 Å². The lowest BCUT2D eigenvalue weighted by Gasteiger charge is -2.21. The Morgan fingerprint density at radius 1 is 1.42 bits per heavy atom. The van der Waals surface area contributed by atoms with E-state index in [2.05, 4.69) is 17.5 Å². The molecule has 2 rings (SSSR count). The van der Waals surface area contributed by atoms with Crippen LogP contribution in [0.4, 0.5) is 4.39 Å². The molecule has 104 valence electrons. The maximum absolute atomic E-state index is 13.6. The third kappa shape index (κ3) is 3.70. The van der Waals surface area contributed by atoms with Crippen LogP contribution in [0.15, 0.2) is 23.1 Å². The first-order valence-corrected chi connectivity index (χ1v) is 6.99. The Hall–Kier alpha value is -1.07. The maximum atomic E-state index is 13.6. The quantitative estimate of drug-likeness (QED) is 0.857. The zero-order valence-electron chi connectivity index (χ0n) is 11.1. The molecule has 1 aromatic rings. The second-order valence-electron chi connectivity index (χ2n) is 4.94. The minimum Gasteiger partial charge on any atom is -0.340 e. The fourth-order valence-electron chi connectivity index (χ4n) is 2.28. The highest BCUT2D eigenvalue weighted by Crippen LogP contribution is 2.15. The number of benzene rings is 1. The van der Waals surface area contributed by atoms with Crippen LogP contribution in [-0.4, -0.2) is 48.9 Å². The molecule has 0 aliphatic carbocycles. The number of halogens is 1. The third-order valence-corrected chi connectivity index (χ3v) is 3.76. The number of rotatable bonds is 4. The van der Waals surface area contributed by atoms with Gasteiger partial charge in [-0.25, -0.2) is 4.39 Å². The summed E-state index contributed by atoms with van der Waals surface area (Å²) in [6.45, 7) is 3.67. The third-order valence-electron chi connectivity index (χ3n) is 3.48. The second kappa shape index (κ2) is 6.39. The molecule has 3 nitrogen and oxygen atoms in total. The Morgan fingerprint density at radius 2 is 2.11 bits per heavy atom. The normalized spacial score (nSPS) is 15.7. The zero-order chi connectivity index (χ0) is 13.8. The van der Waals surface area contributed by atoms with E-state index in [9.17, 15) is 9.18 Å². The van der Waals surface area contributed by atoms with Gasteiger partial charge in [0.2, 0.25) is 0 Å². The lowest BCUT2D eigenvalue weighted by molar-refractivity contribution is 0.0777. The fraction of sp³-hybridized carbons (Fsp3) is 0.500. The van der Waals surface area contributed by atoms with E-state index in [1.165, 1.54) is 25.0 Å². The monoisotopic (exact) mass is 282 g/mol. The predicted molar refractivity (Wildman–Crippen MR) is 76.3 cm³/mol. The summed E-state index contributed by atoms with van der Waals surface area (Å²) in [5.41, 5.74) is 0.0939. The van der Waals surface area contributed by atoms with Crippen LogP contribution < -0.4 is 0 Å². The second-order valence-corrected chi connectivity index (χ2v) is 5.46. The van der Waals surface area contributed by atoms with Crippen LogP contribution in [0.3, 0.4) is 0 Å². The number of likely N-dealkylation sites (tertiary alicyclic amines) is 1. The van der Waals surface area contributed by atoms with Crippen LogP contribution in [0.2, 0.25) is 0 Å². The number of hydrogen-bond acceptors (Lipinski definition) is 3. The van der Waals surface area contributed by atoms with Crippen molar-refractivity contribution in [2.75, 3.05) is 33.2 Å². The number of thiol groups is 1. The fourth-order valence-corrected chi connectivity index (χ4v) is 2.49. The van der Waals surface area contributed by atoms with Crippen molar-refractivity contribution in [2.24, 2.45) is 0 Å². The summed E-state index contributed by atoms with van der Waals surface area (Å²) in [7, 11) is 1.71. The number of nitrogens with zero attached hydrogens (tertiary/aromatic N) is 2. The Balaban J connectivity index is 1.95. The molecule has 0 aromatic heterocycles. The summed E-state index contributed by atoms with van der Waals surface area (Å²) in [5, 5.41) is 0. The van der Waals surface area contributed by atoms with Crippen molar-refractivity contribution < 1.29 is 9.18 Å². The number of likely N-dealkylation sites (N-methyl/N-ethyl adjacent to an activating group) is 1. The van der Waals surface area contributed by atoms with Crippen molar-refractivity contribution in [2.45, 2.75) is 17.7 Å². The molecule has 0 saturated carbocycles. The average molecular weight is 282 g/mol. The van der Waals surface area contributed by atoms with Gasteiger partial charge in [-0.15, -0.1) is 12.6 Å². The summed E-state index contributed by atoms with van der Waals surface area (Å²) in [4.78, 5) is 16.7. The lowest BCUT2D eigenvalue weighted by Crippen LogP contribution is -2.35. The molecule has 0 spiro atoms. The predicted octanol–water partition coefficient (Wildman–Crippen LogP) is 2.28. The highest BCUT2D eigenvalue weighted by molar-refractivity contribution is 7.80. The van der Waals surface area contributed by atoms with Crippen molar-refractivity contribution in [3.63, 3.8) is 0 Å². The van der Waals surface area contributed by atoms with Gasteiger partial charge >= 0.3 is 0 Å². The summed E-state index contributed by atoms with van der Waals surface area (Å²) in [6.07, 6.45) is 2.46. The molecule has 19 heavy (non-hydrogen) atoms. The zero-order valence-corrected chi connectivity index (χ0v) is 12.0. The molecular formula is C14H19FN2OS. The van der Waals surface area contributed by atoms with E-state index in [0.29, 0.717) is 11.4 Å². The van der Waals surface area contributed by atoms with E-state index < -0.39 is 5.82 Å². The van der Waals surface area contributed by atoms with Crippen molar-refractivity contribution >= 4 is 18.5 Å². The van der Waals surface area contributed by atoms with Crippen molar-refractivity contribution in [1.82, 2.24) is 9.80 Å². The van der Waals surface area contributed by atoms with Crippen LogP contribution in [-0.2, 0) is 0 Å². The van der Waals surface area contributed by atoms with Gasteiger partial charge in [-0.1, -0.05) is 0 Å². The van der Waals surface area contributed by atoms with E-state index in [0.717, 1.165) is 19.6 Å². The number of carbonyl (C=O) groups excluding carboxylic acids is 1. The average Bonchev–Trinajstić information content (AvgIpc) is 2.91. The van der Waals surface area contributed by atoms with Gasteiger partial charge < -0.3 is 9.80 Å².